The van der Waals surface area contributed by atoms with Crippen LogP contribution in [0.25, 0.3) is 0 Å². The lowest BCUT2D eigenvalue weighted by Crippen LogP contribution is -2.13. The number of hydrogen-bond acceptors (Lipinski definition) is 5. The third-order valence-electron chi connectivity index (χ3n) is 3.46. The molecule has 0 aliphatic carbocycles. The molecule has 3 aromatic rings. The minimum atomic E-state index is -0.221. The van der Waals surface area contributed by atoms with Crippen molar-refractivity contribution >= 4 is 23.4 Å². The van der Waals surface area contributed by atoms with Crippen molar-refractivity contribution in [2.75, 3.05) is 5.32 Å². The maximum Gasteiger partial charge on any atom is 0.274 e. The van der Waals surface area contributed by atoms with Crippen LogP contribution < -0.4 is 5.32 Å². The van der Waals surface area contributed by atoms with E-state index in [1.807, 2.05) is 35.9 Å². The SMILES string of the molecule is CC(Sc1nncn1C)c1cccc(NC(=O)c2ccccn2)c1. The summed E-state index contributed by atoms with van der Waals surface area (Å²) < 4.78 is 1.88. The Morgan fingerprint density at radius 2 is 2.12 bits per heavy atom. The number of anilines is 1. The van der Waals surface area contributed by atoms with Gasteiger partial charge in [-0.15, -0.1) is 10.2 Å². The van der Waals surface area contributed by atoms with Crippen LogP contribution in [0.3, 0.4) is 0 Å². The second-order valence-electron chi connectivity index (χ2n) is 5.28. The first-order chi connectivity index (χ1) is 11.6. The summed E-state index contributed by atoms with van der Waals surface area (Å²) >= 11 is 1.62. The van der Waals surface area contributed by atoms with E-state index in [1.54, 1.807) is 42.5 Å². The van der Waals surface area contributed by atoms with E-state index in [1.165, 1.54) is 0 Å². The number of hydrogen-bond donors (Lipinski definition) is 1. The van der Waals surface area contributed by atoms with Gasteiger partial charge in [-0.2, -0.15) is 0 Å². The number of aryl methyl sites for hydroxylation is 1. The zero-order valence-corrected chi connectivity index (χ0v) is 14.2. The average Bonchev–Trinajstić information content (AvgIpc) is 3.00. The molecule has 0 bridgehead atoms. The van der Waals surface area contributed by atoms with Crippen molar-refractivity contribution in [3.63, 3.8) is 0 Å². The Labute approximate surface area is 144 Å². The molecule has 0 fully saturated rings. The van der Waals surface area contributed by atoms with Gasteiger partial charge in [-0.05, 0) is 36.8 Å². The van der Waals surface area contributed by atoms with Crippen molar-refractivity contribution in [2.24, 2.45) is 7.05 Å². The van der Waals surface area contributed by atoms with Crippen LogP contribution in [0, 0.1) is 0 Å². The smallest absolute Gasteiger partial charge is 0.274 e. The van der Waals surface area contributed by atoms with Gasteiger partial charge < -0.3 is 9.88 Å². The molecule has 3 rings (SSSR count). The highest BCUT2D eigenvalue weighted by Crippen LogP contribution is 2.34. The molecular weight excluding hydrogens is 322 g/mol. The van der Waals surface area contributed by atoms with Gasteiger partial charge in [-0.3, -0.25) is 9.78 Å². The number of nitrogens with one attached hydrogen (secondary N) is 1. The van der Waals surface area contributed by atoms with E-state index in [-0.39, 0.29) is 11.2 Å². The molecule has 122 valence electrons. The molecule has 2 heterocycles. The first-order valence-corrected chi connectivity index (χ1v) is 8.34. The molecule has 0 radical (unpaired) electrons. The number of aromatic nitrogens is 4. The summed E-state index contributed by atoms with van der Waals surface area (Å²) in [6.45, 7) is 2.10. The Kier molecular flexibility index (Phi) is 4.90. The van der Waals surface area contributed by atoms with Crippen LogP contribution in [0.15, 0.2) is 60.1 Å². The second-order valence-corrected chi connectivity index (χ2v) is 6.59. The number of carbonyl (C=O) groups excluding carboxylic acids is 1. The largest absolute Gasteiger partial charge is 0.321 e. The molecule has 0 spiro atoms. The van der Waals surface area contributed by atoms with Gasteiger partial charge in [0.05, 0.1) is 0 Å². The van der Waals surface area contributed by atoms with Gasteiger partial charge >= 0.3 is 0 Å². The maximum atomic E-state index is 12.2. The van der Waals surface area contributed by atoms with Gasteiger partial charge in [0.2, 0.25) is 0 Å². The first kappa shape index (κ1) is 16.2. The predicted octanol–water partition coefficient (Wildman–Crippen LogP) is 3.32. The minimum Gasteiger partial charge on any atom is -0.321 e. The zero-order valence-electron chi connectivity index (χ0n) is 13.4. The van der Waals surface area contributed by atoms with Crippen LogP contribution in [-0.2, 0) is 7.05 Å². The predicted molar refractivity (Wildman–Crippen MR) is 93.9 cm³/mol. The van der Waals surface area contributed by atoms with Gasteiger partial charge in [0, 0.05) is 24.2 Å². The van der Waals surface area contributed by atoms with Crippen molar-refractivity contribution in [3.05, 3.63) is 66.2 Å². The van der Waals surface area contributed by atoms with E-state index < -0.39 is 0 Å². The van der Waals surface area contributed by atoms with E-state index in [0.717, 1.165) is 16.4 Å². The fourth-order valence-corrected chi connectivity index (χ4v) is 3.07. The van der Waals surface area contributed by atoms with Crippen LogP contribution in [0.2, 0.25) is 0 Å². The number of nitrogens with zero attached hydrogens (tertiary/aromatic N) is 4. The van der Waals surface area contributed by atoms with E-state index in [9.17, 15) is 4.79 Å². The first-order valence-electron chi connectivity index (χ1n) is 7.46. The molecule has 6 nitrogen and oxygen atoms in total. The lowest BCUT2D eigenvalue weighted by Gasteiger charge is -2.12. The molecule has 0 saturated carbocycles. The van der Waals surface area contributed by atoms with Crippen LogP contribution in [0.4, 0.5) is 5.69 Å². The molecule has 1 unspecified atom stereocenters. The Morgan fingerprint density at radius 1 is 1.25 bits per heavy atom. The van der Waals surface area contributed by atoms with Crippen molar-refractivity contribution in [2.45, 2.75) is 17.3 Å². The number of amides is 1. The normalized spacial score (nSPS) is 11.9. The van der Waals surface area contributed by atoms with Gasteiger partial charge in [-0.25, -0.2) is 0 Å². The molecule has 2 aromatic heterocycles. The second kappa shape index (κ2) is 7.27. The van der Waals surface area contributed by atoms with Gasteiger partial charge in [0.25, 0.3) is 5.91 Å². The summed E-state index contributed by atoms with van der Waals surface area (Å²) in [6.07, 6.45) is 3.28. The van der Waals surface area contributed by atoms with Crippen LogP contribution in [-0.4, -0.2) is 25.7 Å². The third-order valence-corrected chi connectivity index (χ3v) is 4.67. The molecule has 1 N–H and O–H groups in total. The number of rotatable bonds is 5. The summed E-state index contributed by atoms with van der Waals surface area (Å²) in [7, 11) is 1.92. The number of pyridine rings is 1. The number of benzene rings is 1. The van der Waals surface area contributed by atoms with Crippen molar-refractivity contribution in [1.82, 2.24) is 19.7 Å². The van der Waals surface area contributed by atoms with E-state index in [0.29, 0.717) is 5.69 Å². The molecule has 0 saturated heterocycles. The quantitative estimate of drug-likeness (QED) is 0.722. The van der Waals surface area contributed by atoms with E-state index >= 15 is 0 Å². The fourth-order valence-electron chi connectivity index (χ4n) is 2.17. The van der Waals surface area contributed by atoms with E-state index in [4.69, 9.17) is 0 Å². The lowest BCUT2D eigenvalue weighted by molar-refractivity contribution is 0.102. The van der Waals surface area contributed by atoms with Gasteiger partial charge in [-0.1, -0.05) is 30.0 Å². The van der Waals surface area contributed by atoms with Crippen LogP contribution in [0.1, 0.15) is 28.2 Å². The highest BCUT2D eigenvalue weighted by molar-refractivity contribution is 7.99. The molecule has 1 amide bonds. The minimum absolute atomic E-state index is 0.180. The number of thioether (sulfide) groups is 1. The summed E-state index contributed by atoms with van der Waals surface area (Å²) in [5, 5.41) is 11.9. The molecule has 24 heavy (non-hydrogen) atoms. The van der Waals surface area contributed by atoms with Crippen LogP contribution in [0.5, 0.6) is 0 Å². The topological polar surface area (TPSA) is 72.7 Å². The third kappa shape index (κ3) is 3.80. The Hall–Kier alpha value is -2.67. The Bertz CT molecular complexity index is 834. The highest BCUT2D eigenvalue weighted by Gasteiger charge is 2.13. The summed E-state index contributed by atoms with van der Waals surface area (Å²) in [5.41, 5.74) is 2.24. The number of carbonyl (C=O) groups is 1. The van der Waals surface area contributed by atoms with Crippen LogP contribution >= 0.6 is 11.8 Å². The molecular formula is C17H17N5OS. The molecule has 1 aromatic carbocycles. The van der Waals surface area contributed by atoms with E-state index in [2.05, 4.69) is 27.4 Å². The average molecular weight is 339 g/mol. The van der Waals surface area contributed by atoms with Gasteiger partial charge in [0.1, 0.15) is 12.0 Å². The standard InChI is InChI=1S/C17H17N5OS/c1-12(24-17-21-19-11-22(17)2)13-6-5-7-14(10-13)20-16(23)15-8-3-4-9-18-15/h3-12H,1-2H3,(H,20,23). The zero-order chi connectivity index (χ0) is 16.9. The van der Waals surface area contributed by atoms with Crippen molar-refractivity contribution in [3.8, 4) is 0 Å². The highest BCUT2D eigenvalue weighted by atomic mass is 32.2. The summed E-state index contributed by atoms with van der Waals surface area (Å²) in [6, 6.07) is 13.0. The fraction of sp³-hybridized carbons (Fsp3) is 0.176. The Balaban J connectivity index is 1.72. The molecule has 0 aliphatic rings. The molecule has 0 aliphatic heterocycles. The van der Waals surface area contributed by atoms with Crippen molar-refractivity contribution < 1.29 is 4.79 Å². The van der Waals surface area contributed by atoms with Gasteiger partial charge in [0.15, 0.2) is 5.16 Å². The summed E-state index contributed by atoms with van der Waals surface area (Å²) in [5.74, 6) is -0.221. The maximum absolute atomic E-state index is 12.2. The molecule has 1 atom stereocenters. The Morgan fingerprint density at radius 3 is 2.83 bits per heavy atom. The van der Waals surface area contributed by atoms with Crippen molar-refractivity contribution in [1.29, 1.82) is 0 Å². The molecule has 7 heteroatoms. The monoisotopic (exact) mass is 339 g/mol. The lowest BCUT2D eigenvalue weighted by atomic mass is 10.1. The summed E-state index contributed by atoms with van der Waals surface area (Å²) in [4.78, 5) is 16.3.